The lowest BCUT2D eigenvalue weighted by atomic mass is 10.1. The number of likely N-dealkylation sites (N-methyl/N-ethyl adjacent to an activating group) is 1. The molecule has 2 N–H and O–H groups in total. The number of carbonyl (C=O) groups is 1. The quantitative estimate of drug-likeness (QED) is 0.820. The Labute approximate surface area is 118 Å². The van der Waals surface area contributed by atoms with Gasteiger partial charge in [-0.1, -0.05) is 13.8 Å². The lowest BCUT2D eigenvalue weighted by molar-refractivity contribution is -0.117. The number of pyridine rings is 1. The van der Waals surface area contributed by atoms with E-state index in [1.807, 2.05) is 24.8 Å². The summed E-state index contributed by atoms with van der Waals surface area (Å²) >= 11 is 0. The monoisotopic (exact) mass is 273 g/mol. The van der Waals surface area contributed by atoms with E-state index in [-0.39, 0.29) is 11.7 Å². The number of rotatable bonds is 5. The van der Waals surface area contributed by atoms with E-state index >= 15 is 0 Å². The summed E-state index contributed by atoms with van der Waals surface area (Å²) < 4.78 is 0. The van der Waals surface area contributed by atoms with Gasteiger partial charge in [0.25, 0.3) is 0 Å². The zero-order chi connectivity index (χ0) is 14.5. The Balaban J connectivity index is 2.22. The molecule has 0 aliphatic carbocycles. The number of anilines is 1. The standard InChI is InChI=1S/C15H19N3O2/c1-3-18(4-2)10-14(20)17-12-7-8-13(19)15-11(12)6-5-9-16-15/h5-9,19H,3-4,10H2,1-2H3,(H,17,20). The van der Waals surface area contributed by atoms with E-state index in [2.05, 4.69) is 10.3 Å². The number of phenols is 1. The second-order valence-electron chi connectivity index (χ2n) is 4.54. The molecule has 0 saturated carbocycles. The highest BCUT2D eigenvalue weighted by molar-refractivity contribution is 6.03. The van der Waals surface area contributed by atoms with E-state index in [4.69, 9.17) is 0 Å². The number of nitrogens with one attached hydrogen (secondary N) is 1. The molecular formula is C15H19N3O2. The molecule has 0 saturated heterocycles. The van der Waals surface area contributed by atoms with Crippen LogP contribution in [-0.4, -0.2) is 40.5 Å². The number of nitrogens with zero attached hydrogens (tertiary/aromatic N) is 2. The maximum Gasteiger partial charge on any atom is 0.238 e. The minimum absolute atomic E-state index is 0.0652. The van der Waals surface area contributed by atoms with Crippen LogP contribution < -0.4 is 5.32 Å². The van der Waals surface area contributed by atoms with Gasteiger partial charge in [-0.3, -0.25) is 14.7 Å². The molecule has 20 heavy (non-hydrogen) atoms. The first-order valence-electron chi connectivity index (χ1n) is 6.74. The van der Waals surface area contributed by atoms with Crippen LogP contribution in [0.5, 0.6) is 5.75 Å². The summed E-state index contributed by atoms with van der Waals surface area (Å²) in [7, 11) is 0. The van der Waals surface area contributed by atoms with Crippen molar-refractivity contribution in [3.05, 3.63) is 30.5 Å². The molecule has 0 radical (unpaired) electrons. The highest BCUT2D eigenvalue weighted by atomic mass is 16.3. The van der Waals surface area contributed by atoms with Crippen LogP contribution in [0.2, 0.25) is 0 Å². The van der Waals surface area contributed by atoms with Gasteiger partial charge in [-0.25, -0.2) is 0 Å². The molecule has 106 valence electrons. The van der Waals surface area contributed by atoms with Crippen molar-refractivity contribution < 1.29 is 9.90 Å². The van der Waals surface area contributed by atoms with Gasteiger partial charge >= 0.3 is 0 Å². The number of hydrogen-bond donors (Lipinski definition) is 2. The third kappa shape index (κ3) is 3.05. The summed E-state index contributed by atoms with van der Waals surface area (Å²) in [6, 6.07) is 6.85. The molecule has 0 atom stereocenters. The number of benzene rings is 1. The van der Waals surface area contributed by atoms with Crippen LogP contribution in [0, 0.1) is 0 Å². The number of hydrogen-bond acceptors (Lipinski definition) is 4. The highest BCUT2D eigenvalue weighted by Crippen LogP contribution is 2.28. The van der Waals surface area contributed by atoms with Crippen LogP contribution in [-0.2, 0) is 4.79 Å². The van der Waals surface area contributed by atoms with Gasteiger partial charge in [0, 0.05) is 11.6 Å². The summed E-state index contributed by atoms with van der Waals surface area (Å²) in [5, 5.41) is 13.4. The van der Waals surface area contributed by atoms with E-state index in [1.165, 1.54) is 0 Å². The molecule has 1 heterocycles. The van der Waals surface area contributed by atoms with E-state index in [9.17, 15) is 9.90 Å². The third-order valence-corrected chi connectivity index (χ3v) is 3.28. The normalized spacial score (nSPS) is 10.9. The van der Waals surface area contributed by atoms with Crippen LogP contribution in [0.25, 0.3) is 10.9 Å². The first-order valence-corrected chi connectivity index (χ1v) is 6.74. The average molecular weight is 273 g/mol. The Kier molecular flexibility index (Phi) is 4.53. The molecule has 5 heteroatoms. The molecule has 0 bridgehead atoms. The maximum absolute atomic E-state index is 12.0. The fraction of sp³-hybridized carbons (Fsp3) is 0.333. The fourth-order valence-corrected chi connectivity index (χ4v) is 2.11. The van der Waals surface area contributed by atoms with Crippen LogP contribution in [0.4, 0.5) is 5.69 Å². The molecule has 2 aromatic rings. The van der Waals surface area contributed by atoms with Crippen molar-refractivity contribution >= 4 is 22.5 Å². The topological polar surface area (TPSA) is 65.5 Å². The van der Waals surface area contributed by atoms with Gasteiger partial charge in [-0.2, -0.15) is 0 Å². The van der Waals surface area contributed by atoms with Gasteiger partial charge in [0.1, 0.15) is 11.3 Å². The Morgan fingerprint density at radius 2 is 2.05 bits per heavy atom. The highest BCUT2D eigenvalue weighted by Gasteiger charge is 2.11. The molecule has 0 spiro atoms. The van der Waals surface area contributed by atoms with Crippen molar-refractivity contribution in [3.8, 4) is 5.75 Å². The van der Waals surface area contributed by atoms with Crippen molar-refractivity contribution in [2.45, 2.75) is 13.8 Å². The van der Waals surface area contributed by atoms with E-state index < -0.39 is 0 Å². The Hall–Kier alpha value is -2.14. The number of fused-ring (bicyclic) bond motifs is 1. The van der Waals surface area contributed by atoms with Crippen LogP contribution in [0.15, 0.2) is 30.5 Å². The summed E-state index contributed by atoms with van der Waals surface area (Å²) in [6.45, 7) is 6.08. The maximum atomic E-state index is 12.0. The Morgan fingerprint density at radius 1 is 1.30 bits per heavy atom. The number of amides is 1. The van der Waals surface area contributed by atoms with Crippen molar-refractivity contribution in [1.29, 1.82) is 0 Å². The van der Waals surface area contributed by atoms with Crippen molar-refractivity contribution in [1.82, 2.24) is 9.88 Å². The zero-order valence-corrected chi connectivity index (χ0v) is 11.8. The van der Waals surface area contributed by atoms with Gasteiger partial charge < -0.3 is 10.4 Å². The second-order valence-corrected chi connectivity index (χ2v) is 4.54. The number of aromatic hydroxyl groups is 1. The number of carbonyl (C=O) groups excluding carboxylic acids is 1. The van der Waals surface area contributed by atoms with Gasteiger partial charge in [-0.05, 0) is 37.4 Å². The first-order chi connectivity index (χ1) is 9.65. The number of phenolic OH excluding ortho intramolecular Hbond substituents is 1. The van der Waals surface area contributed by atoms with Crippen molar-refractivity contribution in [2.75, 3.05) is 25.0 Å². The largest absolute Gasteiger partial charge is 0.506 e. The van der Waals surface area contributed by atoms with Crippen LogP contribution >= 0.6 is 0 Å². The minimum atomic E-state index is -0.0652. The predicted molar refractivity (Wildman–Crippen MR) is 79.8 cm³/mol. The molecular weight excluding hydrogens is 254 g/mol. The third-order valence-electron chi connectivity index (χ3n) is 3.28. The van der Waals surface area contributed by atoms with E-state index in [1.54, 1.807) is 24.4 Å². The molecule has 2 rings (SSSR count). The van der Waals surface area contributed by atoms with Crippen molar-refractivity contribution in [2.24, 2.45) is 0 Å². The summed E-state index contributed by atoms with van der Waals surface area (Å²) in [4.78, 5) is 18.2. The predicted octanol–water partition coefficient (Wildman–Crippen LogP) is 2.22. The molecule has 1 aromatic heterocycles. The van der Waals surface area contributed by atoms with Gasteiger partial charge in [0.05, 0.1) is 12.2 Å². The zero-order valence-electron chi connectivity index (χ0n) is 11.8. The summed E-state index contributed by atoms with van der Waals surface area (Å²) in [5.74, 6) is 0.0480. The van der Waals surface area contributed by atoms with E-state index in [0.717, 1.165) is 18.5 Å². The molecule has 0 aliphatic rings. The molecule has 5 nitrogen and oxygen atoms in total. The number of aromatic nitrogens is 1. The fourth-order valence-electron chi connectivity index (χ4n) is 2.11. The minimum Gasteiger partial charge on any atom is -0.506 e. The molecule has 0 aliphatic heterocycles. The second kappa shape index (κ2) is 6.34. The molecule has 0 fully saturated rings. The van der Waals surface area contributed by atoms with Crippen LogP contribution in [0.3, 0.4) is 0 Å². The smallest absolute Gasteiger partial charge is 0.238 e. The van der Waals surface area contributed by atoms with Gasteiger partial charge in [0.2, 0.25) is 5.91 Å². The summed E-state index contributed by atoms with van der Waals surface area (Å²) in [5.41, 5.74) is 1.16. The molecule has 1 aromatic carbocycles. The van der Waals surface area contributed by atoms with Gasteiger partial charge in [-0.15, -0.1) is 0 Å². The first kappa shape index (κ1) is 14.3. The molecule has 0 unspecified atom stereocenters. The lowest BCUT2D eigenvalue weighted by Crippen LogP contribution is -2.32. The lowest BCUT2D eigenvalue weighted by Gasteiger charge is -2.17. The van der Waals surface area contributed by atoms with Gasteiger partial charge in [0.15, 0.2) is 0 Å². The Morgan fingerprint density at radius 3 is 2.75 bits per heavy atom. The van der Waals surface area contributed by atoms with Crippen molar-refractivity contribution in [3.63, 3.8) is 0 Å². The Bertz CT molecular complexity index is 609. The summed E-state index contributed by atoms with van der Waals surface area (Å²) in [6.07, 6.45) is 1.61. The van der Waals surface area contributed by atoms with Crippen LogP contribution in [0.1, 0.15) is 13.8 Å². The SMILES string of the molecule is CCN(CC)CC(=O)Nc1ccc(O)c2ncccc12. The average Bonchev–Trinajstić information content (AvgIpc) is 2.48. The molecule has 1 amide bonds. The van der Waals surface area contributed by atoms with E-state index in [0.29, 0.717) is 17.7 Å².